The fraction of sp³-hybridized carbons (Fsp3) is 0.125. The molecule has 0 saturated heterocycles. The number of aryl methyl sites for hydroxylation is 3. The number of nitrogens with zero attached hydrogens (tertiary/aromatic N) is 3. The lowest BCUT2D eigenvalue weighted by molar-refractivity contribution is 1.07. The van der Waals surface area contributed by atoms with Gasteiger partial charge in [0.2, 0.25) is 0 Å². The first-order valence-electron chi connectivity index (χ1n) is 9.47. The van der Waals surface area contributed by atoms with Gasteiger partial charge in [-0.3, -0.25) is 0 Å². The van der Waals surface area contributed by atoms with Crippen LogP contribution in [0.5, 0.6) is 0 Å². The second-order valence-corrected chi connectivity index (χ2v) is 7.41. The Morgan fingerprint density at radius 3 is 1.36 bits per heavy atom. The van der Waals surface area contributed by atoms with E-state index in [0.29, 0.717) is 17.5 Å². The number of benzene rings is 3. The summed E-state index contributed by atoms with van der Waals surface area (Å²) >= 11 is 0. The number of rotatable bonds is 3. The monoisotopic (exact) mass is 363 g/mol. The Morgan fingerprint density at radius 2 is 0.929 bits per heavy atom. The average Bonchev–Trinajstić information content (AvgIpc) is 2.68. The first kappa shape index (κ1) is 18.1. The van der Waals surface area contributed by atoms with Gasteiger partial charge in [-0.2, -0.15) is 0 Å². The van der Waals surface area contributed by atoms with Gasteiger partial charge in [0, 0.05) is 16.7 Å². The molecule has 0 saturated carbocycles. The van der Waals surface area contributed by atoms with Gasteiger partial charge in [-0.1, -0.05) is 82.8 Å². The Bertz CT molecular complexity index is 1050. The van der Waals surface area contributed by atoms with Gasteiger partial charge in [0.1, 0.15) is 7.85 Å². The molecular weight excluding hydrogens is 341 g/mol. The summed E-state index contributed by atoms with van der Waals surface area (Å²) < 4.78 is 0. The molecule has 0 amide bonds. The average molecular weight is 363 g/mol. The van der Waals surface area contributed by atoms with Gasteiger partial charge in [0.25, 0.3) is 0 Å². The Balaban J connectivity index is 1.92. The van der Waals surface area contributed by atoms with Gasteiger partial charge in [-0.15, -0.1) is 0 Å². The van der Waals surface area contributed by atoms with Crippen molar-refractivity contribution in [3.8, 4) is 34.2 Å². The molecule has 0 aliphatic rings. The van der Waals surface area contributed by atoms with Crippen LogP contribution in [0.15, 0.2) is 66.7 Å². The zero-order valence-electron chi connectivity index (χ0n) is 16.7. The highest BCUT2D eigenvalue weighted by atomic mass is 15.0. The minimum atomic E-state index is 0.694. The van der Waals surface area contributed by atoms with Crippen LogP contribution in [0.25, 0.3) is 34.2 Å². The van der Waals surface area contributed by atoms with Crippen molar-refractivity contribution in [2.75, 3.05) is 0 Å². The standard InChI is InChI=1S/C24H22BN3/c1-15-4-8-18(9-5-15)22-26-23(19-10-6-16(2)7-11-19)28-24(27-22)20-12-17(3)13-21(25)14-20/h4-14H,25H2,1-3H3. The molecule has 4 heteroatoms. The quantitative estimate of drug-likeness (QED) is 0.516. The van der Waals surface area contributed by atoms with Crippen LogP contribution in [-0.4, -0.2) is 22.8 Å². The predicted molar refractivity (Wildman–Crippen MR) is 119 cm³/mol. The topological polar surface area (TPSA) is 38.7 Å². The molecule has 1 heterocycles. The molecule has 0 spiro atoms. The highest BCUT2D eigenvalue weighted by Crippen LogP contribution is 2.25. The molecule has 0 bridgehead atoms. The van der Waals surface area contributed by atoms with Crippen LogP contribution in [-0.2, 0) is 0 Å². The molecule has 3 nitrogen and oxygen atoms in total. The van der Waals surface area contributed by atoms with Gasteiger partial charge in [-0.25, -0.2) is 15.0 Å². The zero-order valence-corrected chi connectivity index (χ0v) is 16.7. The molecule has 0 aliphatic carbocycles. The van der Waals surface area contributed by atoms with E-state index >= 15 is 0 Å². The third kappa shape index (κ3) is 3.86. The maximum atomic E-state index is 4.81. The molecule has 4 rings (SSSR count). The highest BCUT2D eigenvalue weighted by molar-refractivity contribution is 6.32. The SMILES string of the molecule is Bc1cc(C)cc(-c2nc(-c3ccc(C)cc3)nc(-c3ccc(C)cc3)n2)c1. The molecule has 3 aromatic carbocycles. The Hall–Kier alpha value is -3.27. The van der Waals surface area contributed by atoms with Gasteiger partial charge in [0.05, 0.1) is 0 Å². The molecular formula is C24H22BN3. The third-order valence-electron chi connectivity index (χ3n) is 4.73. The molecule has 0 atom stereocenters. The molecule has 1 aromatic heterocycles. The van der Waals surface area contributed by atoms with E-state index in [-0.39, 0.29) is 0 Å². The fourth-order valence-electron chi connectivity index (χ4n) is 3.27. The Morgan fingerprint density at radius 1 is 0.500 bits per heavy atom. The number of aromatic nitrogens is 3. The predicted octanol–water partition coefficient (Wildman–Crippen LogP) is 4.06. The van der Waals surface area contributed by atoms with Crippen LogP contribution in [0.4, 0.5) is 0 Å². The van der Waals surface area contributed by atoms with Crippen molar-refractivity contribution >= 4 is 13.3 Å². The zero-order chi connectivity index (χ0) is 19.7. The van der Waals surface area contributed by atoms with Crippen molar-refractivity contribution in [1.82, 2.24) is 15.0 Å². The van der Waals surface area contributed by atoms with Crippen LogP contribution in [0, 0.1) is 20.8 Å². The number of hydrogen-bond donors (Lipinski definition) is 0. The maximum absolute atomic E-state index is 4.81. The van der Waals surface area contributed by atoms with Crippen molar-refractivity contribution in [1.29, 1.82) is 0 Å². The summed E-state index contributed by atoms with van der Waals surface area (Å²) in [5.41, 5.74) is 7.83. The summed E-state index contributed by atoms with van der Waals surface area (Å²) in [4.78, 5) is 14.4. The van der Waals surface area contributed by atoms with E-state index < -0.39 is 0 Å². The van der Waals surface area contributed by atoms with E-state index in [1.54, 1.807) is 0 Å². The van der Waals surface area contributed by atoms with Gasteiger partial charge in [0.15, 0.2) is 17.5 Å². The van der Waals surface area contributed by atoms with E-state index in [1.165, 1.54) is 22.2 Å². The van der Waals surface area contributed by atoms with Gasteiger partial charge >= 0.3 is 0 Å². The summed E-state index contributed by atoms with van der Waals surface area (Å²) in [6.07, 6.45) is 0. The molecule has 0 radical (unpaired) electrons. The molecule has 0 N–H and O–H groups in total. The molecule has 4 aromatic rings. The van der Waals surface area contributed by atoms with Gasteiger partial charge < -0.3 is 0 Å². The van der Waals surface area contributed by atoms with E-state index in [1.807, 2.05) is 0 Å². The van der Waals surface area contributed by atoms with E-state index in [0.717, 1.165) is 16.7 Å². The first-order valence-corrected chi connectivity index (χ1v) is 9.47. The molecule has 136 valence electrons. The fourth-order valence-corrected chi connectivity index (χ4v) is 3.27. The second-order valence-electron chi connectivity index (χ2n) is 7.41. The normalized spacial score (nSPS) is 10.8. The van der Waals surface area contributed by atoms with Crippen LogP contribution >= 0.6 is 0 Å². The smallest absolute Gasteiger partial charge is 0.164 e. The van der Waals surface area contributed by atoms with Crippen molar-refractivity contribution in [3.05, 3.63) is 83.4 Å². The van der Waals surface area contributed by atoms with Crippen molar-refractivity contribution in [2.24, 2.45) is 0 Å². The second kappa shape index (κ2) is 7.39. The summed E-state index contributed by atoms with van der Waals surface area (Å²) in [6, 6.07) is 23.0. The van der Waals surface area contributed by atoms with E-state index in [4.69, 9.17) is 15.0 Å². The van der Waals surface area contributed by atoms with Crippen LogP contribution in [0.2, 0.25) is 0 Å². The van der Waals surface area contributed by atoms with Crippen molar-refractivity contribution in [2.45, 2.75) is 20.8 Å². The minimum absolute atomic E-state index is 0.694. The van der Waals surface area contributed by atoms with Crippen molar-refractivity contribution < 1.29 is 0 Å². The Kier molecular flexibility index (Phi) is 4.78. The lowest BCUT2D eigenvalue weighted by Crippen LogP contribution is -2.05. The lowest BCUT2D eigenvalue weighted by atomic mass is 9.92. The third-order valence-corrected chi connectivity index (χ3v) is 4.73. The molecule has 0 aliphatic heterocycles. The first-order chi connectivity index (χ1) is 13.5. The highest BCUT2D eigenvalue weighted by Gasteiger charge is 2.12. The molecule has 0 unspecified atom stereocenters. The summed E-state index contributed by atoms with van der Waals surface area (Å²) in [5, 5.41) is 0. The summed E-state index contributed by atoms with van der Waals surface area (Å²) in [6.45, 7) is 6.26. The van der Waals surface area contributed by atoms with Crippen LogP contribution in [0.1, 0.15) is 16.7 Å². The number of hydrogen-bond acceptors (Lipinski definition) is 3. The van der Waals surface area contributed by atoms with Crippen LogP contribution < -0.4 is 5.46 Å². The van der Waals surface area contributed by atoms with Crippen LogP contribution in [0.3, 0.4) is 0 Å². The molecule has 0 fully saturated rings. The largest absolute Gasteiger partial charge is 0.208 e. The maximum Gasteiger partial charge on any atom is 0.164 e. The molecule has 28 heavy (non-hydrogen) atoms. The minimum Gasteiger partial charge on any atom is -0.208 e. The summed E-state index contributed by atoms with van der Waals surface area (Å²) in [5.74, 6) is 2.09. The van der Waals surface area contributed by atoms with Crippen molar-refractivity contribution in [3.63, 3.8) is 0 Å². The van der Waals surface area contributed by atoms with E-state index in [2.05, 4.69) is 95.3 Å². The summed E-state index contributed by atoms with van der Waals surface area (Å²) in [7, 11) is 2.10. The Labute approximate surface area is 167 Å². The van der Waals surface area contributed by atoms with E-state index in [9.17, 15) is 0 Å². The lowest BCUT2D eigenvalue weighted by Gasteiger charge is -2.10. The van der Waals surface area contributed by atoms with Gasteiger partial charge in [-0.05, 0) is 26.8 Å².